The Morgan fingerprint density at radius 2 is 1.96 bits per heavy atom. The molecule has 0 saturated heterocycles. The first kappa shape index (κ1) is 17.4. The van der Waals surface area contributed by atoms with Gasteiger partial charge in [0.25, 0.3) is 0 Å². The molecule has 0 radical (unpaired) electrons. The SMILES string of the molecule is CC1CC(c2ccccc2)CCC1COc1cc(N)nc(NN)c1N. The van der Waals surface area contributed by atoms with Crippen LogP contribution in [0.4, 0.5) is 17.3 Å². The van der Waals surface area contributed by atoms with E-state index in [1.54, 1.807) is 6.07 Å². The Morgan fingerprint density at radius 3 is 2.64 bits per heavy atom. The van der Waals surface area contributed by atoms with Gasteiger partial charge in [-0.15, -0.1) is 0 Å². The van der Waals surface area contributed by atoms with Gasteiger partial charge < -0.3 is 21.6 Å². The van der Waals surface area contributed by atoms with Gasteiger partial charge in [0.1, 0.15) is 17.3 Å². The van der Waals surface area contributed by atoms with E-state index in [1.165, 1.54) is 18.4 Å². The van der Waals surface area contributed by atoms with Crippen molar-refractivity contribution in [2.75, 3.05) is 23.5 Å². The molecule has 3 atom stereocenters. The van der Waals surface area contributed by atoms with Crippen LogP contribution < -0.4 is 27.5 Å². The van der Waals surface area contributed by atoms with E-state index in [0.29, 0.717) is 47.4 Å². The number of aromatic nitrogens is 1. The number of hydrogen-bond donors (Lipinski definition) is 4. The van der Waals surface area contributed by atoms with Crippen LogP contribution in [0, 0.1) is 11.8 Å². The van der Waals surface area contributed by atoms with Crippen molar-refractivity contribution in [1.29, 1.82) is 0 Å². The van der Waals surface area contributed by atoms with Crippen LogP contribution in [-0.4, -0.2) is 11.6 Å². The minimum absolute atomic E-state index is 0.331. The Bertz CT molecular complexity index is 706. The third kappa shape index (κ3) is 3.96. The molecule has 25 heavy (non-hydrogen) atoms. The van der Waals surface area contributed by atoms with Crippen molar-refractivity contribution in [3.8, 4) is 5.75 Å². The summed E-state index contributed by atoms with van der Waals surface area (Å²) in [5, 5.41) is 0. The molecule has 1 aromatic carbocycles. The number of nitrogen functional groups attached to an aromatic ring is 3. The zero-order chi connectivity index (χ0) is 17.8. The fraction of sp³-hybridized carbons (Fsp3) is 0.421. The quantitative estimate of drug-likeness (QED) is 0.491. The van der Waals surface area contributed by atoms with Crippen LogP contribution in [0.2, 0.25) is 0 Å². The van der Waals surface area contributed by atoms with Gasteiger partial charge >= 0.3 is 0 Å². The third-order valence-corrected chi connectivity index (χ3v) is 5.25. The number of pyridine rings is 1. The molecule has 1 aliphatic carbocycles. The molecule has 2 aromatic rings. The van der Waals surface area contributed by atoms with E-state index in [0.717, 1.165) is 6.42 Å². The molecule has 3 unspecified atom stereocenters. The Morgan fingerprint density at radius 1 is 1.20 bits per heavy atom. The molecule has 1 aliphatic rings. The summed E-state index contributed by atoms with van der Waals surface area (Å²) in [5.41, 5.74) is 16.1. The highest BCUT2D eigenvalue weighted by atomic mass is 16.5. The van der Waals surface area contributed by atoms with Crippen LogP contribution >= 0.6 is 0 Å². The normalized spacial score (nSPS) is 23.2. The van der Waals surface area contributed by atoms with Crippen molar-refractivity contribution in [3.63, 3.8) is 0 Å². The number of nitrogens with two attached hydrogens (primary N) is 3. The molecule has 6 nitrogen and oxygen atoms in total. The second-order valence-electron chi connectivity index (χ2n) is 6.92. The number of rotatable bonds is 5. The van der Waals surface area contributed by atoms with Gasteiger partial charge in [-0.2, -0.15) is 0 Å². The highest BCUT2D eigenvalue weighted by molar-refractivity contribution is 5.71. The van der Waals surface area contributed by atoms with Gasteiger partial charge in [-0.1, -0.05) is 37.3 Å². The summed E-state index contributed by atoms with van der Waals surface area (Å²) >= 11 is 0. The van der Waals surface area contributed by atoms with Gasteiger partial charge in [0.05, 0.1) is 6.61 Å². The summed E-state index contributed by atoms with van der Waals surface area (Å²) in [4.78, 5) is 4.04. The summed E-state index contributed by atoms with van der Waals surface area (Å²) in [5.74, 6) is 8.36. The van der Waals surface area contributed by atoms with Crippen molar-refractivity contribution in [2.45, 2.75) is 32.1 Å². The highest BCUT2D eigenvalue weighted by Gasteiger charge is 2.29. The van der Waals surface area contributed by atoms with Gasteiger partial charge in [-0.3, -0.25) is 0 Å². The number of nitrogens with one attached hydrogen (secondary N) is 1. The lowest BCUT2D eigenvalue weighted by atomic mass is 9.73. The second kappa shape index (κ2) is 7.61. The van der Waals surface area contributed by atoms with Crippen LogP contribution in [0.15, 0.2) is 36.4 Å². The fourth-order valence-electron chi connectivity index (χ4n) is 3.71. The molecule has 6 heteroatoms. The minimum atomic E-state index is 0.331. The van der Waals surface area contributed by atoms with Crippen molar-refractivity contribution >= 4 is 17.3 Å². The summed E-state index contributed by atoms with van der Waals surface area (Å²) in [6.07, 6.45) is 3.51. The molecule has 134 valence electrons. The van der Waals surface area contributed by atoms with Crippen LogP contribution in [-0.2, 0) is 0 Å². The standard InChI is InChI=1S/C19H27N5O/c1-12-9-14(13-5-3-2-4-6-13)7-8-15(12)11-25-16-10-17(20)23-19(24-22)18(16)21/h2-6,10,12,14-15H,7-9,11,21-22H2,1H3,(H3,20,23,24). The topological polar surface area (TPSA) is 112 Å². The summed E-state index contributed by atoms with van der Waals surface area (Å²) in [6, 6.07) is 12.4. The highest BCUT2D eigenvalue weighted by Crippen LogP contribution is 2.40. The maximum absolute atomic E-state index is 6.03. The van der Waals surface area contributed by atoms with Crippen LogP contribution in [0.1, 0.15) is 37.7 Å². The molecular weight excluding hydrogens is 314 g/mol. The third-order valence-electron chi connectivity index (χ3n) is 5.25. The molecule has 1 fully saturated rings. The first-order valence-electron chi connectivity index (χ1n) is 8.78. The first-order valence-corrected chi connectivity index (χ1v) is 8.78. The fourth-order valence-corrected chi connectivity index (χ4v) is 3.71. The zero-order valence-corrected chi connectivity index (χ0v) is 14.6. The van der Waals surface area contributed by atoms with Crippen molar-refractivity contribution in [3.05, 3.63) is 42.0 Å². The minimum Gasteiger partial charge on any atom is -0.491 e. The smallest absolute Gasteiger partial charge is 0.169 e. The van der Waals surface area contributed by atoms with E-state index >= 15 is 0 Å². The van der Waals surface area contributed by atoms with Crippen molar-refractivity contribution < 1.29 is 4.74 Å². The molecular formula is C19H27N5O. The average Bonchev–Trinajstić information content (AvgIpc) is 2.63. The number of nitrogens with zero attached hydrogens (tertiary/aromatic N) is 1. The van der Waals surface area contributed by atoms with E-state index in [4.69, 9.17) is 22.0 Å². The van der Waals surface area contributed by atoms with E-state index in [-0.39, 0.29) is 0 Å². The molecule has 0 spiro atoms. The Hall–Kier alpha value is -2.47. The van der Waals surface area contributed by atoms with Gasteiger partial charge in [0, 0.05) is 6.07 Å². The van der Waals surface area contributed by atoms with Gasteiger partial charge in [0.2, 0.25) is 0 Å². The van der Waals surface area contributed by atoms with E-state index < -0.39 is 0 Å². The number of benzene rings is 1. The molecule has 1 aromatic heterocycles. The molecule has 7 N–H and O–H groups in total. The first-order chi connectivity index (χ1) is 12.1. The molecule has 0 bridgehead atoms. The van der Waals surface area contributed by atoms with Gasteiger partial charge in [-0.05, 0) is 42.6 Å². The lowest BCUT2D eigenvalue weighted by Gasteiger charge is -2.34. The van der Waals surface area contributed by atoms with E-state index in [1.807, 2.05) is 0 Å². The van der Waals surface area contributed by atoms with Crippen LogP contribution in [0.3, 0.4) is 0 Å². The monoisotopic (exact) mass is 341 g/mol. The van der Waals surface area contributed by atoms with E-state index in [2.05, 4.69) is 47.7 Å². The number of hydrazine groups is 1. The molecule has 0 aliphatic heterocycles. The number of ether oxygens (including phenoxy) is 1. The molecule has 0 amide bonds. The van der Waals surface area contributed by atoms with Gasteiger partial charge in [0.15, 0.2) is 5.82 Å². The lowest BCUT2D eigenvalue weighted by Crippen LogP contribution is -2.27. The maximum Gasteiger partial charge on any atom is 0.169 e. The maximum atomic E-state index is 6.03. The largest absolute Gasteiger partial charge is 0.491 e. The molecule has 3 rings (SSSR count). The summed E-state index contributed by atoms with van der Waals surface area (Å²) in [7, 11) is 0. The molecule has 1 heterocycles. The summed E-state index contributed by atoms with van der Waals surface area (Å²) in [6.45, 7) is 2.93. The predicted octanol–water partition coefficient (Wildman–Crippen LogP) is 3.13. The Labute approximate surface area is 148 Å². The Balaban J connectivity index is 1.61. The second-order valence-corrected chi connectivity index (χ2v) is 6.92. The zero-order valence-electron chi connectivity index (χ0n) is 14.6. The van der Waals surface area contributed by atoms with Crippen LogP contribution in [0.5, 0.6) is 5.75 Å². The van der Waals surface area contributed by atoms with Crippen LogP contribution in [0.25, 0.3) is 0 Å². The number of hydrogen-bond acceptors (Lipinski definition) is 6. The van der Waals surface area contributed by atoms with Gasteiger partial charge in [-0.25, -0.2) is 10.8 Å². The lowest BCUT2D eigenvalue weighted by molar-refractivity contribution is 0.149. The Kier molecular flexibility index (Phi) is 5.28. The average molecular weight is 341 g/mol. The summed E-state index contributed by atoms with van der Waals surface area (Å²) < 4.78 is 5.97. The van der Waals surface area contributed by atoms with Crippen molar-refractivity contribution in [1.82, 2.24) is 4.98 Å². The predicted molar refractivity (Wildman–Crippen MR) is 102 cm³/mol. The van der Waals surface area contributed by atoms with Crippen molar-refractivity contribution in [2.24, 2.45) is 17.7 Å². The van der Waals surface area contributed by atoms with E-state index in [9.17, 15) is 0 Å². The molecule has 1 saturated carbocycles. The number of anilines is 3.